The van der Waals surface area contributed by atoms with Crippen molar-refractivity contribution in [2.45, 2.75) is 57.2 Å². The fourth-order valence-corrected chi connectivity index (χ4v) is 6.65. The van der Waals surface area contributed by atoms with Crippen molar-refractivity contribution in [3.05, 3.63) is 94.0 Å². The molecule has 0 radical (unpaired) electrons. The van der Waals surface area contributed by atoms with Gasteiger partial charge in [-0.1, -0.05) is 91.0 Å². The molecular weight excluding hydrogens is 609 g/mol. The molecule has 3 aromatic rings. The highest BCUT2D eigenvalue weighted by molar-refractivity contribution is 7.92. The van der Waals surface area contributed by atoms with Gasteiger partial charge in [0.05, 0.1) is 29.1 Å². The summed E-state index contributed by atoms with van der Waals surface area (Å²) in [5, 5.41) is 3.35. The second-order valence-electron chi connectivity index (χ2n) is 10.8. The summed E-state index contributed by atoms with van der Waals surface area (Å²) in [6.07, 6.45) is 6.20. The molecule has 3 aromatic carbocycles. The van der Waals surface area contributed by atoms with Gasteiger partial charge in [0.1, 0.15) is 18.3 Å². The zero-order chi connectivity index (χ0) is 31.0. The molecule has 4 rings (SSSR count). The average Bonchev–Trinajstić information content (AvgIpc) is 2.99. The van der Waals surface area contributed by atoms with Gasteiger partial charge in [0.15, 0.2) is 0 Å². The molecule has 11 heteroatoms. The number of carbonyl (C=O) groups excluding carboxylic acids is 2. The topological polar surface area (TPSA) is 96.0 Å². The van der Waals surface area contributed by atoms with E-state index in [1.54, 1.807) is 31.4 Å². The molecule has 1 N–H and O–H groups in total. The van der Waals surface area contributed by atoms with Crippen LogP contribution in [0.3, 0.4) is 0 Å². The highest BCUT2D eigenvalue weighted by atomic mass is 35.5. The van der Waals surface area contributed by atoms with E-state index in [-0.39, 0.29) is 40.6 Å². The van der Waals surface area contributed by atoms with Gasteiger partial charge in [-0.2, -0.15) is 0 Å². The van der Waals surface area contributed by atoms with Crippen molar-refractivity contribution in [2.24, 2.45) is 0 Å². The molecule has 1 saturated carbocycles. The van der Waals surface area contributed by atoms with Crippen molar-refractivity contribution >= 4 is 50.7 Å². The zero-order valence-electron chi connectivity index (χ0n) is 24.3. The summed E-state index contributed by atoms with van der Waals surface area (Å²) >= 11 is 12.6. The van der Waals surface area contributed by atoms with Crippen LogP contribution in [-0.2, 0) is 32.6 Å². The molecule has 0 unspecified atom stereocenters. The maximum Gasteiger partial charge on any atom is 0.244 e. The minimum Gasteiger partial charge on any atom is -0.497 e. The Balaban J connectivity index is 1.75. The van der Waals surface area contributed by atoms with Gasteiger partial charge < -0.3 is 15.0 Å². The lowest BCUT2D eigenvalue weighted by Gasteiger charge is -2.35. The Morgan fingerprint density at radius 3 is 2.30 bits per heavy atom. The summed E-state index contributed by atoms with van der Waals surface area (Å²) in [6.45, 7) is -0.530. The Kier molecular flexibility index (Phi) is 11.3. The van der Waals surface area contributed by atoms with Gasteiger partial charge in [-0.15, -0.1) is 0 Å². The van der Waals surface area contributed by atoms with Gasteiger partial charge in [0, 0.05) is 19.0 Å². The largest absolute Gasteiger partial charge is 0.497 e. The van der Waals surface area contributed by atoms with E-state index in [0.29, 0.717) is 5.75 Å². The Morgan fingerprint density at radius 1 is 0.953 bits per heavy atom. The maximum absolute atomic E-state index is 14.3. The van der Waals surface area contributed by atoms with E-state index in [2.05, 4.69) is 5.32 Å². The van der Waals surface area contributed by atoms with Crippen LogP contribution in [0, 0.1) is 0 Å². The molecule has 1 aliphatic rings. The number of nitrogens with zero attached hydrogens (tertiary/aromatic N) is 2. The van der Waals surface area contributed by atoms with Crippen LogP contribution >= 0.6 is 23.2 Å². The van der Waals surface area contributed by atoms with Gasteiger partial charge in [-0.25, -0.2) is 8.42 Å². The van der Waals surface area contributed by atoms with Gasteiger partial charge >= 0.3 is 0 Å². The lowest BCUT2D eigenvalue weighted by Crippen LogP contribution is -2.55. The van der Waals surface area contributed by atoms with E-state index in [1.165, 1.54) is 17.0 Å². The zero-order valence-corrected chi connectivity index (χ0v) is 26.7. The number of ether oxygens (including phenoxy) is 1. The van der Waals surface area contributed by atoms with Crippen LogP contribution in [-0.4, -0.2) is 57.1 Å². The first kappa shape index (κ1) is 32.6. The van der Waals surface area contributed by atoms with Crippen LogP contribution in [0.5, 0.6) is 5.75 Å². The molecule has 0 aliphatic heterocycles. The maximum atomic E-state index is 14.3. The fourth-order valence-electron chi connectivity index (χ4n) is 5.35. The smallest absolute Gasteiger partial charge is 0.244 e. The Bertz CT molecular complexity index is 1510. The number of hydrogen-bond acceptors (Lipinski definition) is 5. The summed E-state index contributed by atoms with van der Waals surface area (Å²) in [7, 11) is -2.42. The number of benzene rings is 3. The third-order valence-corrected chi connectivity index (χ3v) is 9.52. The van der Waals surface area contributed by atoms with Crippen molar-refractivity contribution in [3.63, 3.8) is 0 Å². The molecular formula is C32H37Cl2N3O5S. The van der Waals surface area contributed by atoms with Gasteiger partial charge in [-0.3, -0.25) is 13.9 Å². The van der Waals surface area contributed by atoms with Crippen molar-refractivity contribution in [1.29, 1.82) is 0 Å². The third kappa shape index (κ3) is 8.87. The first-order chi connectivity index (χ1) is 20.6. The van der Waals surface area contributed by atoms with Crippen molar-refractivity contribution < 1.29 is 22.7 Å². The monoisotopic (exact) mass is 645 g/mol. The Hall–Kier alpha value is -3.27. The van der Waals surface area contributed by atoms with Gasteiger partial charge in [0.2, 0.25) is 21.8 Å². The quantitative estimate of drug-likeness (QED) is 0.266. The number of anilines is 1. The van der Waals surface area contributed by atoms with E-state index in [1.807, 2.05) is 36.4 Å². The molecule has 230 valence electrons. The fraction of sp³-hybridized carbons (Fsp3) is 0.375. The number of amides is 2. The first-order valence-corrected chi connectivity index (χ1v) is 16.9. The SMILES string of the molecule is COc1cccc(CN(C(=O)CN(c2cccc(Cl)c2Cl)S(C)(=O)=O)[C@H](Cc2ccccc2)C(=O)NC2CCCCC2)c1. The predicted octanol–water partition coefficient (Wildman–Crippen LogP) is 5.86. The highest BCUT2D eigenvalue weighted by Gasteiger charge is 2.34. The Morgan fingerprint density at radius 2 is 1.63 bits per heavy atom. The van der Waals surface area contributed by atoms with Crippen LogP contribution in [0.15, 0.2) is 72.8 Å². The third-order valence-electron chi connectivity index (χ3n) is 7.59. The minimum atomic E-state index is -3.97. The molecule has 1 atom stereocenters. The van der Waals surface area contributed by atoms with Crippen LogP contribution in [0.4, 0.5) is 5.69 Å². The summed E-state index contributed by atoms with van der Waals surface area (Å²) in [5.74, 6) is -0.248. The number of halogens is 2. The second kappa shape index (κ2) is 14.9. The van der Waals surface area contributed by atoms with E-state index in [4.69, 9.17) is 27.9 Å². The number of methoxy groups -OCH3 is 1. The Labute approximate surface area is 264 Å². The molecule has 0 bridgehead atoms. The number of rotatable bonds is 12. The highest BCUT2D eigenvalue weighted by Crippen LogP contribution is 2.34. The minimum absolute atomic E-state index is 0.0117. The normalized spacial score (nSPS) is 14.5. The van der Waals surface area contributed by atoms with Gasteiger partial charge in [-0.05, 0) is 48.2 Å². The van der Waals surface area contributed by atoms with E-state index < -0.39 is 28.5 Å². The molecule has 8 nitrogen and oxygen atoms in total. The number of hydrogen-bond donors (Lipinski definition) is 1. The van der Waals surface area contributed by atoms with Crippen molar-refractivity contribution in [1.82, 2.24) is 10.2 Å². The molecule has 0 heterocycles. The van der Waals surface area contributed by atoms with Crippen LogP contribution in [0.1, 0.15) is 43.2 Å². The molecule has 0 aromatic heterocycles. The molecule has 0 spiro atoms. The average molecular weight is 647 g/mol. The number of sulfonamides is 1. The summed E-state index contributed by atoms with van der Waals surface area (Å²) in [5.41, 5.74) is 1.67. The van der Waals surface area contributed by atoms with E-state index >= 15 is 0 Å². The first-order valence-electron chi connectivity index (χ1n) is 14.2. The number of nitrogens with one attached hydrogen (secondary N) is 1. The summed E-state index contributed by atoms with van der Waals surface area (Å²) < 4.78 is 32.3. The van der Waals surface area contributed by atoms with Crippen LogP contribution in [0.2, 0.25) is 10.0 Å². The predicted molar refractivity (Wildman–Crippen MR) is 171 cm³/mol. The summed E-state index contributed by atoms with van der Waals surface area (Å²) in [4.78, 5) is 29.8. The molecule has 0 saturated heterocycles. The molecule has 2 amide bonds. The molecule has 43 heavy (non-hydrogen) atoms. The van der Waals surface area contributed by atoms with E-state index in [9.17, 15) is 18.0 Å². The molecule has 1 fully saturated rings. The van der Waals surface area contributed by atoms with Crippen LogP contribution < -0.4 is 14.4 Å². The molecule has 1 aliphatic carbocycles. The van der Waals surface area contributed by atoms with Gasteiger partial charge in [0.25, 0.3) is 0 Å². The summed E-state index contributed by atoms with van der Waals surface area (Å²) in [6, 6.07) is 20.4. The van der Waals surface area contributed by atoms with Crippen molar-refractivity contribution in [2.75, 3.05) is 24.2 Å². The standard InChI is InChI=1S/C32H37Cl2N3O5S/c1-42-26-16-9-13-24(19-26)21-36(30(38)22-37(43(2,40)41)28-18-10-17-27(33)31(28)34)29(20-23-11-5-3-6-12-23)32(39)35-25-14-7-4-8-15-25/h3,5-6,9-13,16-19,25,29H,4,7-8,14-15,20-22H2,1-2H3,(H,35,39)/t29-/m1/s1. The number of carbonyl (C=O) groups is 2. The van der Waals surface area contributed by atoms with Crippen LogP contribution in [0.25, 0.3) is 0 Å². The van der Waals surface area contributed by atoms with E-state index in [0.717, 1.165) is 53.8 Å². The van der Waals surface area contributed by atoms with Crippen molar-refractivity contribution in [3.8, 4) is 5.75 Å². The second-order valence-corrected chi connectivity index (χ2v) is 13.5. The lowest BCUT2D eigenvalue weighted by atomic mass is 9.94. The lowest BCUT2D eigenvalue weighted by molar-refractivity contribution is -0.140.